The van der Waals surface area contributed by atoms with E-state index in [1.807, 2.05) is 0 Å². The van der Waals surface area contributed by atoms with Gasteiger partial charge in [0.05, 0.1) is 0 Å². The van der Waals surface area contributed by atoms with Crippen LogP contribution in [0.4, 0.5) is 5.69 Å². The second-order valence-corrected chi connectivity index (χ2v) is 6.37. The highest BCUT2D eigenvalue weighted by atomic mass is 15.1. The number of fused-ring (bicyclic) bond motifs is 1. The monoisotopic (exact) mass is 278 g/mol. The first-order valence-electron chi connectivity index (χ1n) is 7.92. The average Bonchev–Trinajstić information content (AvgIpc) is 3.23. The standard InChI is InChI=1S/C19H22N2/c1-21-10-9-16-11-14(7-8-19(16)21)13-20-18-12-17(18)15-5-3-2-4-6-15/h2-8,11,17-18,20H,9-10,12-13H2,1H3. The molecular weight excluding hydrogens is 256 g/mol. The normalized spacial score (nSPS) is 23.2. The van der Waals surface area contributed by atoms with Crippen LogP contribution in [0.15, 0.2) is 48.5 Å². The topological polar surface area (TPSA) is 15.3 Å². The quantitative estimate of drug-likeness (QED) is 0.923. The minimum atomic E-state index is 0.656. The minimum Gasteiger partial charge on any atom is -0.374 e. The molecule has 0 amide bonds. The lowest BCUT2D eigenvalue weighted by Gasteiger charge is -2.12. The van der Waals surface area contributed by atoms with Gasteiger partial charge in [0.1, 0.15) is 0 Å². The van der Waals surface area contributed by atoms with Gasteiger partial charge in [0.2, 0.25) is 0 Å². The van der Waals surface area contributed by atoms with E-state index >= 15 is 0 Å². The highest BCUT2D eigenvalue weighted by Crippen LogP contribution is 2.40. The predicted octanol–water partition coefficient (Wildman–Crippen LogP) is 3.32. The van der Waals surface area contributed by atoms with E-state index in [0.29, 0.717) is 12.0 Å². The third-order valence-corrected chi connectivity index (χ3v) is 4.86. The van der Waals surface area contributed by atoms with Gasteiger partial charge in [-0.05, 0) is 35.6 Å². The van der Waals surface area contributed by atoms with Crippen molar-refractivity contribution in [1.82, 2.24) is 5.32 Å². The van der Waals surface area contributed by atoms with Crippen LogP contribution in [0.5, 0.6) is 0 Å². The molecule has 2 aromatic rings. The molecule has 1 N–H and O–H groups in total. The van der Waals surface area contributed by atoms with Crippen LogP contribution >= 0.6 is 0 Å². The molecule has 2 aliphatic rings. The molecule has 0 bridgehead atoms. The first kappa shape index (κ1) is 12.9. The second kappa shape index (κ2) is 5.19. The molecule has 1 aliphatic carbocycles. The molecule has 2 heteroatoms. The number of nitrogens with one attached hydrogen (secondary N) is 1. The van der Waals surface area contributed by atoms with Crippen molar-refractivity contribution < 1.29 is 0 Å². The molecule has 2 atom stereocenters. The van der Waals surface area contributed by atoms with E-state index < -0.39 is 0 Å². The van der Waals surface area contributed by atoms with Crippen molar-refractivity contribution in [2.24, 2.45) is 0 Å². The van der Waals surface area contributed by atoms with E-state index in [-0.39, 0.29) is 0 Å². The summed E-state index contributed by atoms with van der Waals surface area (Å²) >= 11 is 0. The Balaban J connectivity index is 1.36. The van der Waals surface area contributed by atoms with Gasteiger partial charge in [-0.25, -0.2) is 0 Å². The van der Waals surface area contributed by atoms with Gasteiger partial charge < -0.3 is 10.2 Å². The average molecular weight is 278 g/mol. The molecule has 21 heavy (non-hydrogen) atoms. The third-order valence-electron chi connectivity index (χ3n) is 4.86. The summed E-state index contributed by atoms with van der Waals surface area (Å²) in [7, 11) is 2.18. The van der Waals surface area contributed by atoms with Gasteiger partial charge in [-0.2, -0.15) is 0 Å². The Kier molecular flexibility index (Phi) is 3.19. The van der Waals surface area contributed by atoms with Gasteiger partial charge in [-0.3, -0.25) is 0 Å². The predicted molar refractivity (Wildman–Crippen MR) is 87.8 cm³/mol. The summed E-state index contributed by atoms with van der Waals surface area (Å²) in [6.07, 6.45) is 2.47. The molecule has 0 saturated heterocycles. The first-order valence-corrected chi connectivity index (χ1v) is 7.92. The number of benzene rings is 2. The summed E-state index contributed by atoms with van der Waals surface area (Å²) in [5.74, 6) is 0.715. The Labute approximate surface area is 126 Å². The number of hydrogen-bond acceptors (Lipinski definition) is 2. The Bertz CT molecular complexity index is 635. The maximum atomic E-state index is 3.71. The fourth-order valence-corrected chi connectivity index (χ4v) is 3.47. The van der Waals surface area contributed by atoms with E-state index in [1.54, 1.807) is 0 Å². The van der Waals surface area contributed by atoms with E-state index in [4.69, 9.17) is 0 Å². The van der Waals surface area contributed by atoms with Gasteiger partial charge in [-0.1, -0.05) is 42.5 Å². The zero-order chi connectivity index (χ0) is 14.2. The van der Waals surface area contributed by atoms with Crippen LogP contribution in [0.2, 0.25) is 0 Å². The Morgan fingerprint density at radius 1 is 1.14 bits per heavy atom. The van der Waals surface area contributed by atoms with Crippen molar-refractivity contribution in [2.45, 2.75) is 31.3 Å². The molecule has 0 radical (unpaired) electrons. The Morgan fingerprint density at radius 2 is 2.00 bits per heavy atom. The van der Waals surface area contributed by atoms with E-state index in [9.17, 15) is 0 Å². The zero-order valence-electron chi connectivity index (χ0n) is 12.5. The van der Waals surface area contributed by atoms with Crippen molar-refractivity contribution >= 4 is 5.69 Å². The lowest BCUT2D eigenvalue weighted by molar-refractivity contribution is 0.672. The highest BCUT2D eigenvalue weighted by molar-refractivity contribution is 5.58. The van der Waals surface area contributed by atoms with Gasteiger partial charge >= 0.3 is 0 Å². The summed E-state index contributed by atoms with van der Waals surface area (Å²) in [5.41, 5.74) is 5.81. The number of rotatable bonds is 4. The van der Waals surface area contributed by atoms with Crippen molar-refractivity contribution in [1.29, 1.82) is 0 Å². The van der Waals surface area contributed by atoms with E-state index in [1.165, 1.54) is 35.2 Å². The molecule has 1 fully saturated rings. The lowest BCUT2D eigenvalue weighted by atomic mass is 10.1. The lowest BCUT2D eigenvalue weighted by Crippen LogP contribution is -2.17. The summed E-state index contributed by atoms with van der Waals surface area (Å²) in [6, 6.07) is 18.5. The first-order chi connectivity index (χ1) is 10.3. The number of anilines is 1. The number of nitrogens with zero attached hydrogens (tertiary/aromatic N) is 1. The largest absolute Gasteiger partial charge is 0.374 e. The molecule has 2 nitrogen and oxygen atoms in total. The van der Waals surface area contributed by atoms with Gasteiger partial charge in [0.15, 0.2) is 0 Å². The van der Waals surface area contributed by atoms with Crippen LogP contribution in [-0.2, 0) is 13.0 Å². The molecule has 1 heterocycles. The van der Waals surface area contributed by atoms with Gasteiger partial charge in [-0.15, -0.1) is 0 Å². The van der Waals surface area contributed by atoms with Crippen LogP contribution in [0.3, 0.4) is 0 Å². The van der Waals surface area contributed by atoms with E-state index in [0.717, 1.165) is 13.1 Å². The fourth-order valence-electron chi connectivity index (χ4n) is 3.47. The van der Waals surface area contributed by atoms with Crippen molar-refractivity contribution in [2.75, 3.05) is 18.5 Å². The van der Waals surface area contributed by atoms with Crippen LogP contribution < -0.4 is 10.2 Å². The number of likely N-dealkylation sites (N-methyl/N-ethyl adjacent to an activating group) is 1. The third kappa shape index (κ3) is 2.56. The molecule has 4 rings (SSSR count). The van der Waals surface area contributed by atoms with Crippen molar-refractivity contribution in [3.63, 3.8) is 0 Å². The maximum absolute atomic E-state index is 3.71. The Morgan fingerprint density at radius 3 is 2.86 bits per heavy atom. The summed E-state index contributed by atoms with van der Waals surface area (Å²) in [5, 5.41) is 3.71. The molecule has 2 unspecified atom stereocenters. The summed E-state index contributed by atoms with van der Waals surface area (Å²) in [6.45, 7) is 2.15. The van der Waals surface area contributed by atoms with E-state index in [2.05, 4.69) is 65.8 Å². The summed E-state index contributed by atoms with van der Waals surface area (Å²) < 4.78 is 0. The van der Waals surface area contributed by atoms with Gasteiger partial charge in [0.25, 0.3) is 0 Å². The smallest absolute Gasteiger partial charge is 0.0397 e. The van der Waals surface area contributed by atoms with Gasteiger partial charge in [0, 0.05) is 37.8 Å². The van der Waals surface area contributed by atoms with Crippen LogP contribution in [0.1, 0.15) is 29.0 Å². The van der Waals surface area contributed by atoms with Crippen molar-refractivity contribution in [3.05, 3.63) is 65.2 Å². The van der Waals surface area contributed by atoms with Crippen molar-refractivity contribution in [3.8, 4) is 0 Å². The molecule has 0 spiro atoms. The minimum absolute atomic E-state index is 0.656. The SMILES string of the molecule is CN1CCc2cc(CNC3CC3c3ccccc3)ccc21. The van der Waals surface area contributed by atoms with Crippen LogP contribution in [0.25, 0.3) is 0 Å². The molecular formula is C19H22N2. The Hall–Kier alpha value is -1.80. The molecule has 108 valence electrons. The van der Waals surface area contributed by atoms with Crippen LogP contribution in [0, 0.1) is 0 Å². The molecule has 2 aromatic carbocycles. The summed E-state index contributed by atoms with van der Waals surface area (Å²) in [4.78, 5) is 2.35. The molecule has 1 aliphatic heterocycles. The maximum Gasteiger partial charge on any atom is 0.0397 e. The zero-order valence-corrected chi connectivity index (χ0v) is 12.5. The number of hydrogen-bond donors (Lipinski definition) is 1. The highest BCUT2D eigenvalue weighted by Gasteiger charge is 2.37. The second-order valence-electron chi connectivity index (χ2n) is 6.37. The molecule has 1 saturated carbocycles. The van der Waals surface area contributed by atoms with Crippen LogP contribution in [-0.4, -0.2) is 19.6 Å². The molecule has 0 aromatic heterocycles. The fraction of sp³-hybridized carbons (Fsp3) is 0.368.